The summed E-state index contributed by atoms with van der Waals surface area (Å²) in [5, 5.41) is 8.24. The second-order valence-corrected chi connectivity index (χ2v) is 9.02. The van der Waals surface area contributed by atoms with Crippen molar-refractivity contribution in [2.24, 2.45) is 5.92 Å². The summed E-state index contributed by atoms with van der Waals surface area (Å²) in [5.41, 5.74) is 1.04. The number of rotatable bonds is 6. The Morgan fingerprint density at radius 2 is 2.00 bits per heavy atom. The molecule has 5 rings (SSSR count). The van der Waals surface area contributed by atoms with Crippen LogP contribution in [-0.4, -0.2) is 70.7 Å². The molecule has 2 aliphatic rings. The molecule has 0 amide bonds. The van der Waals surface area contributed by atoms with Gasteiger partial charge in [-0.3, -0.25) is 9.80 Å². The number of thiophene rings is 1. The van der Waals surface area contributed by atoms with Gasteiger partial charge in [-0.25, -0.2) is 4.98 Å². The van der Waals surface area contributed by atoms with Gasteiger partial charge in [0.1, 0.15) is 5.82 Å². The molecule has 158 valence electrons. The highest BCUT2D eigenvalue weighted by Gasteiger charge is 2.25. The molecule has 0 spiro atoms. The minimum atomic E-state index is 0.700. The van der Waals surface area contributed by atoms with Gasteiger partial charge < -0.3 is 9.42 Å². The van der Waals surface area contributed by atoms with Gasteiger partial charge in [-0.05, 0) is 48.9 Å². The van der Waals surface area contributed by atoms with Crippen molar-refractivity contribution in [2.45, 2.75) is 19.4 Å². The first-order valence-electron chi connectivity index (χ1n) is 10.8. The highest BCUT2D eigenvalue weighted by molar-refractivity contribution is 7.08. The zero-order valence-electron chi connectivity index (χ0n) is 17.2. The Morgan fingerprint density at radius 1 is 1.07 bits per heavy atom. The van der Waals surface area contributed by atoms with Crippen molar-refractivity contribution in [2.75, 3.05) is 50.7 Å². The monoisotopic (exact) mass is 424 g/mol. The van der Waals surface area contributed by atoms with Crippen LogP contribution >= 0.6 is 11.3 Å². The van der Waals surface area contributed by atoms with Gasteiger partial charge in [0.25, 0.3) is 0 Å². The Morgan fingerprint density at radius 3 is 2.80 bits per heavy atom. The predicted molar refractivity (Wildman–Crippen MR) is 119 cm³/mol. The molecule has 0 aromatic carbocycles. The Kier molecular flexibility index (Phi) is 6.06. The number of pyridine rings is 1. The van der Waals surface area contributed by atoms with Crippen LogP contribution in [0.15, 0.2) is 45.7 Å². The lowest BCUT2D eigenvalue weighted by atomic mass is 9.97. The Hall–Kier alpha value is -2.29. The van der Waals surface area contributed by atoms with Crippen LogP contribution in [0.1, 0.15) is 18.7 Å². The van der Waals surface area contributed by atoms with Gasteiger partial charge in [-0.2, -0.15) is 16.3 Å². The molecule has 3 aromatic rings. The third-order valence-electron chi connectivity index (χ3n) is 6.07. The number of hydrogen-bond acceptors (Lipinski definition) is 8. The predicted octanol–water partition coefficient (Wildman–Crippen LogP) is 3.23. The lowest BCUT2D eigenvalue weighted by Crippen LogP contribution is -2.49. The summed E-state index contributed by atoms with van der Waals surface area (Å²) >= 11 is 1.65. The van der Waals surface area contributed by atoms with Crippen LogP contribution in [0.25, 0.3) is 11.4 Å². The van der Waals surface area contributed by atoms with Gasteiger partial charge in [0.05, 0.1) is 6.54 Å². The van der Waals surface area contributed by atoms with Gasteiger partial charge in [-0.1, -0.05) is 11.2 Å². The second kappa shape index (κ2) is 9.24. The average molecular weight is 425 g/mol. The van der Waals surface area contributed by atoms with Gasteiger partial charge in [0.15, 0.2) is 0 Å². The topological polar surface area (TPSA) is 61.5 Å². The fourth-order valence-electron chi connectivity index (χ4n) is 4.53. The molecule has 30 heavy (non-hydrogen) atoms. The standard InChI is InChI=1S/C22H28N6OS/c1-2-7-23-20(5-1)28-11-9-26(10-12-28)14-18-4-3-8-27(15-18)16-21-24-22(25-29-21)19-6-13-30-17-19/h1-2,5-7,13,17-18H,3-4,8-12,14-16H2. The molecule has 1 unspecified atom stereocenters. The zero-order chi connectivity index (χ0) is 20.2. The quantitative estimate of drug-likeness (QED) is 0.602. The van der Waals surface area contributed by atoms with E-state index in [1.807, 2.05) is 23.7 Å². The number of piperidine rings is 1. The molecule has 8 heteroatoms. The molecule has 0 bridgehead atoms. The van der Waals surface area contributed by atoms with Gasteiger partial charge in [0, 0.05) is 56.4 Å². The number of hydrogen-bond donors (Lipinski definition) is 0. The summed E-state index contributed by atoms with van der Waals surface area (Å²) in [6, 6.07) is 8.18. The molecule has 2 saturated heterocycles. The molecule has 0 saturated carbocycles. The molecule has 0 N–H and O–H groups in total. The van der Waals surface area contributed by atoms with Crippen molar-refractivity contribution < 1.29 is 4.52 Å². The molecule has 2 aliphatic heterocycles. The average Bonchev–Trinajstić information content (AvgIpc) is 3.47. The van der Waals surface area contributed by atoms with Crippen LogP contribution in [0, 0.1) is 5.92 Å². The maximum atomic E-state index is 5.51. The van der Waals surface area contributed by atoms with Crippen molar-refractivity contribution in [1.82, 2.24) is 24.9 Å². The molecule has 5 heterocycles. The first kappa shape index (κ1) is 19.7. The Bertz CT molecular complexity index is 907. The van der Waals surface area contributed by atoms with Gasteiger partial charge >= 0.3 is 0 Å². The molecule has 0 radical (unpaired) electrons. The molecule has 0 aliphatic carbocycles. The van der Waals surface area contributed by atoms with E-state index in [1.54, 1.807) is 11.3 Å². The normalized spacial score (nSPS) is 21.2. The summed E-state index contributed by atoms with van der Waals surface area (Å²) in [4.78, 5) is 16.6. The van der Waals surface area contributed by atoms with E-state index in [9.17, 15) is 0 Å². The maximum Gasteiger partial charge on any atom is 0.241 e. The number of aromatic nitrogens is 3. The van der Waals surface area contributed by atoms with Crippen LogP contribution < -0.4 is 4.90 Å². The maximum absolute atomic E-state index is 5.51. The van der Waals surface area contributed by atoms with Crippen molar-refractivity contribution >= 4 is 17.2 Å². The van der Waals surface area contributed by atoms with Crippen molar-refractivity contribution in [3.63, 3.8) is 0 Å². The summed E-state index contributed by atoms with van der Waals surface area (Å²) in [5.74, 6) is 3.23. The molecule has 3 aromatic heterocycles. The van der Waals surface area contributed by atoms with E-state index in [4.69, 9.17) is 4.52 Å². The fourth-order valence-corrected chi connectivity index (χ4v) is 5.16. The van der Waals surface area contributed by atoms with E-state index in [1.165, 1.54) is 19.4 Å². The van der Waals surface area contributed by atoms with E-state index in [2.05, 4.69) is 47.3 Å². The highest BCUT2D eigenvalue weighted by Crippen LogP contribution is 2.23. The number of likely N-dealkylation sites (tertiary alicyclic amines) is 1. The van der Waals surface area contributed by atoms with E-state index >= 15 is 0 Å². The lowest BCUT2D eigenvalue weighted by Gasteiger charge is -2.39. The summed E-state index contributed by atoms with van der Waals surface area (Å²) in [7, 11) is 0. The van der Waals surface area contributed by atoms with Gasteiger partial charge in [-0.15, -0.1) is 0 Å². The lowest BCUT2D eigenvalue weighted by molar-refractivity contribution is 0.115. The molecular formula is C22H28N6OS. The molecule has 7 nitrogen and oxygen atoms in total. The summed E-state index contributed by atoms with van der Waals surface area (Å²) < 4.78 is 5.51. The zero-order valence-corrected chi connectivity index (χ0v) is 18.0. The van der Waals surface area contributed by atoms with E-state index in [0.29, 0.717) is 11.7 Å². The number of anilines is 1. The van der Waals surface area contributed by atoms with Crippen molar-refractivity contribution in [3.8, 4) is 11.4 Å². The van der Waals surface area contributed by atoms with E-state index in [-0.39, 0.29) is 0 Å². The second-order valence-electron chi connectivity index (χ2n) is 8.24. The van der Waals surface area contributed by atoms with Crippen LogP contribution in [0.2, 0.25) is 0 Å². The minimum Gasteiger partial charge on any atom is -0.354 e. The first-order valence-corrected chi connectivity index (χ1v) is 11.7. The van der Waals surface area contributed by atoms with Crippen LogP contribution in [0.3, 0.4) is 0 Å². The fraction of sp³-hybridized carbons (Fsp3) is 0.500. The molecule has 2 fully saturated rings. The molecular weight excluding hydrogens is 396 g/mol. The largest absolute Gasteiger partial charge is 0.354 e. The Balaban J connectivity index is 1.10. The SMILES string of the molecule is c1ccc(N2CCN(CC3CCCN(Cc4nc(-c5ccsc5)no4)C3)CC2)nc1. The van der Waals surface area contributed by atoms with Crippen molar-refractivity contribution in [3.05, 3.63) is 47.1 Å². The van der Waals surface area contributed by atoms with E-state index < -0.39 is 0 Å². The third-order valence-corrected chi connectivity index (χ3v) is 6.75. The minimum absolute atomic E-state index is 0.700. The van der Waals surface area contributed by atoms with Crippen LogP contribution in [0.5, 0.6) is 0 Å². The van der Waals surface area contributed by atoms with Gasteiger partial charge in [0.2, 0.25) is 11.7 Å². The van der Waals surface area contributed by atoms with Crippen LogP contribution in [-0.2, 0) is 6.54 Å². The molecule has 1 atom stereocenters. The van der Waals surface area contributed by atoms with Crippen LogP contribution in [0.4, 0.5) is 5.82 Å². The Labute approximate surface area is 181 Å². The smallest absolute Gasteiger partial charge is 0.241 e. The van der Waals surface area contributed by atoms with Crippen molar-refractivity contribution in [1.29, 1.82) is 0 Å². The summed E-state index contributed by atoms with van der Waals surface area (Å²) in [6.07, 6.45) is 4.43. The summed E-state index contributed by atoms with van der Waals surface area (Å²) in [6.45, 7) is 8.48. The number of piperazine rings is 1. The van der Waals surface area contributed by atoms with E-state index in [0.717, 1.165) is 63.1 Å². The first-order chi connectivity index (χ1) is 14.8. The highest BCUT2D eigenvalue weighted by atomic mass is 32.1. The number of nitrogens with zero attached hydrogens (tertiary/aromatic N) is 6. The third kappa shape index (κ3) is 4.71.